The molecule has 7 heteroatoms. The van der Waals surface area contributed by atoms with Crippen molar-refractivity contribution in [3.8, 4) is 22.7 Å². The fraction of sp³-hybridized carbons (Fsp3) is 0.233. The van der Waals surface area contributed by atoms with Gasteiger partial charge in [-0.15, -0.1) is 0 Å². The highest BCUT2D eigenvalue weighted by Gasteiger charge is 2.20. The lowest BCUT2D eigenvalue weighted by Crippen LogP contribution is -2.39. The molecule has 0 radical (unpaired) electrons. The maximum absolute atomic E-state index is 13.2. The largest absolute Gasteiger partial charge is 0.497 e. The Balaban J connectivity index is 1.58. The maximum atomic E-state index is 13.2. The van der Waals surface area contributed by atoms with Gasteiger partial charge in [-0.25, -0.2) is 4.68 Å². The van der Waals surface area contributed by atoms with E-state index >= 15 is 0 Å². The second kappa shape index (κ2) is 12.0. The lowest BCUT2D eigenvalue weighted by molar-refractivity contribution is -0.117. The van der Waals surface area contributed by atoms with Crippen molar-refractivity contribution in [1.82, 2.24) is 14.7 Å². The van der Waals surface area contributed by atoms with Crippen molar-refractivity contribution in [1.29, 1.82) is 0 Å². The molecule has 1 aromatic heterocycles. The third-order valence-electron chi connectivity index (χ3n) is 6.07. The first-order valence-corrected chi connectivity index (χ1v) is 12.4. The van der Waals surface area contributed by atoms with Crippen molar-refractivity contribution >= 4 is 17.6 Å². The van der Waals surface area contributed by atoms with E-state index in [9.17, 15) is 9.59 Å². The first kappa shape index (κ1) is 25.7. The summed E-state index contributed by atoms with van der Waals surface area (Å²) in [5, 5.41) is 7.76. The van der Waals surface area contributed by atoms with Gasteiger partial charge >= 0.3 is 0 Å². The van der Waals surface area contributed by atoms with Crippen molar-refractivity contribution in [2.24, 2.45) is 0 Å². The Bertz CT molecular complexity index is 1330. The van der Waals surface area contributed by atoms with Gasteiger partial charge in [0.1, 0.15) is 18.1 Å². The lowest BCUT2D eigenvalue weighted by Gasteiger charge is -2.22. The van der Waals surface area contributed by atoms with Crippen molar-refractivity contribution < 1.29 is 14.3 Å². The van der Waals surface area contributed by atoms with Gasteiger partial charge < -0.3 is 15.0 Å². The van der Waals surface area contributed by atoms with Gasteiger partial charge in [0.15, 0.2) is 0 Å². The Morgan fingerprint density at radius 3 is 2.32 bits per heavy atom. The molecule has 1 N–H and O–H groups in total. The molecule has 0 spiro atoms. The number of carbonyl (C=O) groups excluding carboxylic acids is 2. The number of methoxy groups -OCH3 is 1. The van der Waals surface area contributed by atoms with E-state index in [1.54, 1.807) is 41.0 Å². The zero-order valence-electron chi connectivity index (χ0n) is 21.5. The summed E-state index contributed by atoms with van der Waals surface area (Å²) in [6.07, 6.45) is 1.71. The van der Waals surface area contributed by atoms with Gasteiger partial charge in [0.05, 0.1) is 18.5 Å². The van der Waals surface area contributed by atoms with Gasteiger partial charge in [-0.2, -0.15) is 5.10 Å². The summed E-state index contributed by atoms with van der Waals surface area (Å²) in [5.74, 6) is 0.738. The van der Waals surface area contributed by atoms with Gasteiger partial charge in [0.2, 0.25) is 5.91 Å². The summed E-state index contributed by atoms with van der Waals surface area (Å²) < 4.78 is 6.92. The number of anilines is 1. The predicted molar refractivity (Wildman–Crippen MR) is 146 cm³/mol. The summed E-state index contributed by atoms with van der Waals surface area (Å²) in [7, 11) is 1.58. The first-order chi connectivity index (χ1) is 18.0. The van der Waals surface area contributed by atoms with E-state index in [2.05, 4.69) is 12.2 Å². The maximum Gasteiger partial charge on any atom is 0.254 e. The van der Waals surface area contributed by atoms with Crippen LogP contribution in [0, 0.1) is 6.92 Å². The monoisotopic (exact) mass is 496 g/mol. The van der Waals surface area contributed by atoms with Crippen LogP contribution >= 0.6 is 0 Å². The highest BCUT2D eigenvalue weighted by atomic mass is 16.5. The van der Waals surface area contributed by atoms with Crippen LogP contribution in [0.4, 0.5) is 5.82 Å². The number of aryl methyl sites for hydroxylation is 1. The standard InChI is InChI=1S/C30H32N4O3/c1-4-5-19-33(30(36)24-13-17-26(37-3)18-14-24)21-29(35)31-28-20-27(23-9-7-6-8-10-23)32-34(28)25-15-11-22(2)12-16-25/h6-18,20H,4-5,19,21H2,1-3H3,(H,31,35). The highest BCUT2D eigenvalue weighted by Crippen LogP contribution is 2.25. The number of aromatic nitrogens is 2. The molecule has 4 rings (SSSR count). The molecule has 7 nitrogen and oxygen atoms in total. The van der Waals surface area contributed by atoms with E-state index < -0.39 is 0 Å². The first-order valence-electron chi connectivity index (χ1n) is 12.4. The zero-order valence-corrected chi connectivity index (χ0v) is 21.5. The molecule has 0 bridgehead atoms. The molecule has 0 aliphatic rings. The van der Waals surface area contributed by atoms with Crippen molar-refractivity contribution in [2.45, 2.75) is 26.7 Å². The topological polar surface area (TPSA) is 76.5 Å². The smallest absolute Gasteiger partial charge is 0.254 e. The Morgan fingerprint density at radius 1 is 0.973 bits per heavy atom. The van der Waals surface area contributed by atoms with Crippen LogP contribution in [0.1, 0.15) is 35.7 Å². The molecule has 37 heavy (non-hydrogen) atoms. The van der Waals surface area contributed by atoms with Gasteiger partial charge in [-0.1, -0.05) is 61.4 Å². The number of amides is 2. The van der Waals surface area contributed by atoms with E-state index in [1.807, 2.05) is 67.6 Å². The molecular weight excluding hydrogens is 464 g/mol. The summed E-state index contributed by atoms with van der Waals surface area (Å²) in [6.45, 7) is 4.50. The molecule has 0 fully saturated rings. The molecule has 190 valence electrons. The van der Waals surface area contributed by atoms with Crippen molar-refractivity contribution in [3.05, 3.63) is 96.1 Å². The van der Waals surface area contributed by atoms with Crippen LogP contribution in [-0.4, -0.2) is 46.7 Å². The van der Waals surface area contributed by atoms with Gasteiger partial charge in [-0.05, 0) is 49.7 Å². The molecule has 0 unspecified atom stereocenters. The van der Waals surface area contributed by atoms with Crippen molar-refractivity contribution in [2.75, 3.05) is 25.5 Å². The van der Waals surface area contributed by atoms with Gasteiger partial charge in [0, 0.05) is 23.7 Å². The Hall–Kier alpha value is -4.39. The van der Waals surface area contributed by atoms with E-state index in [4.69, 9.17) is 9.84 Å². The lowest BCUT2D eigenvalue weighted by atomic mass is 10.1. The minimum absolute atomic E-state index is 0.0649. The van der Waals surface area contributed by atoms with Crippen LogP contribution < -0.4 is 10.1 Å². The molecule has 0 aliphatic heterocycles. The average molecular weight is 497 g/mol. The number of benzene rings is 3. The van der Waals surface area contributed by atoms with E-state index in [-0.39, 0.29) is 18.4 Å². The Labute approximate surface area is 217 Å². The number of nitrogens with zero attached hydrogens (tertiary/aromatic N) is 3. The van der Waals surface area contributed by atoms with Crippen LogP contribution in [0.3, 0.4) is 0 Å². The van der Waals surface area contributed by atoms with Gasteiger partial charge in [-0.3, -0.25) is 9.59 Å². The third-order valence-corrected chi connectivity index (χ3v) is 6.07. The fourth-order valence-electron chi connectivity index (χ4n) is 3.98. The van der Waals surface area contributed by atoms with Crippen LogP contribution in [-0.2, 0) is 4.79 Å². The Kier molecular flexibility index (Phi) is 8.36. The molecule has 0 saturated carbocycles. The number of ether oxygens (including phenoxy) is 1. The molecule has 0 aliphatic carbocycles. The highest BCUT2D eigenvalue weighted by molar-refractivity contribution is 5.99. The average Bonchev–Trinajstić information content (AvgIpc) is 3.35. The van der Waals surface area contributed by atoms with E-state index in [1.165, 1.54) is 0 Å². The minimum atomic E-state index is -0.286. The van der Waals surface area contributed by atoms with Crippen LogP contribution in [0.15, 0.2) is 84.9 Å². The summed E-state index contributed by atoms with van der Waals surface area (Å²) >= 11 is 0. The number of carbonyl (C=O) groups is 2. The Morgan fingerprint density at radius 2 is 1.68 bits per heavy atom. The molecule has 0 saturated heterocycles. The molecule has 2 amide bonds. The van der Waals surface area contributed by atoms with Crippen molar-refractivity contribution in [3.63, 3.8) is 0 Å². The zero-order chi connectivity index (χ0) is 26.2. The second-order valence-corrected chi connectivity index (χ2v) is 8.89. The molecular formula is C30H32N4O3. The van der Waals surface area contributed by atoms with Crippen LogP contribution in [0.25, 0.3) is 16.9 Å². The fourth-order valence-corrected chi connectivity index (χ4v) is 3.98. The molecule has 1 heterocycles. The van der Waals surface area contributed by atoms with Gasteiger partial charge in [0.25, 0.3) is 5.91 Å². The summed E-state index contributed by atoms with van der Waals surface area (Å²) in [5.41, 5.74) is 4.17. The van der Waals surface area contributed by atoms with E-state index in [0.717, 1.165) is 35.3 Å². The minimum Gasteiger partial charge on any atom is -0.497 e. The normalized spacial score (nSPS) is 10.7. The number of unbranched alkanes of at least 4 members (excludes halogenated alkanes) is 1. The van der Waals surface area contributed by atoms with E-state index in [0.29, 0.717) is 23.7 Å². The second-order valence-electron chi connectivity index (χ2n) is 8.89. The summed E-state index contributed by atoms with van der Waals surface area (Å²) in [6, 6.07) is 26.5. The number of hydrogen-bond acceptors (Lipinski definition) is 4. The molecule has 3 aromatic carbocycles. The number of rotatable bonds is 10. The SMILES string of the molecule is CCCCN(CC(=O)Nc1cc(-c2ccccc2)nn1-c1ccc(C)cc1)C(=O)c1ccc(OC)cc1. The third kappa shape index (κ3) is 6.44. The number of nitrogens with one attached hydrogen (secondary N) is 1. The number of hydrogen-bond donors (Lipinski definition) is 1. The molecule has 0 atom stereocenters. The predicted octanol–water partition coefficient (Wildman–Crippen LogP) is 5.74. The quantitative estimate of drug-likeness (QED) is 0.304. The molecule has 4 aromatic rings. The van der Waals surface area contributed by atoms with Crippen LogP contribution in [0.2, 0.25) is 0 Å². The van der Waals surface area contributed by atoms with Crippen LogP contribution in [0.5, 0.6) is 5.75 Å². The summed E-state index contributed by atoms with van der Waals surface area (Å²) in [4.78, 5) is 28.1.